The maximum atomic E-state index is 13.2. The standard InChI is InChI=1S/C25H28N4O2/c1-17-22(16-28(2)27-17)19-10-8-18(9-11-19)14-29-15-20-12-13-26-24(23(20)25(29)30)31-21-6-4-3-5-7-21/h8-13,16,21H,3-7,14-15H2,1-2H3. The fourth-order valence-electron chi connectivity index (χ4n) is 4.73. The Morgan fingerprint density at radius 1 is 1.10 bits per heavy atom. The number of amides is 1. The van der Waals surface area contributed by atoms with Crippen LogP contribution in [0.1, 0.15) is 59.3 Å². The Morgan fingerprint density at radius 2 is 1.87 bits per heavy atom. The van der Waals surface area contributed by atoms with Crippen molar-refractivity contribution in [2.75, 3.05) is 0 Å². The lowest BCUT2D eigenvalue weighted by molar-refractivity contribution is 0.0757. The van der Waals surface area contributed by atoms with Crippen molar-refractivity contribution in [3.8, 4) is 17.0 Å². The van der Waals surface area contributed by atoms with Crippen LogP contribution in [-0.4, -0.2) is 31.7 Å². The lowest BCUT2D eigenvalue weighted by atomic mass is 9.98. The fraction of sp³-hybridized carbons (Fsp3) is 0.400. The molecular formula is C25H28N4O2. The van der Waals surface area contributed by atoms with Crippen molar-refractivity contribution in [2.45, 2.75) is 58.2 Å². The van der Waals surface area contributed by atoms with Gasteiger partial charge in [0.25, 0.3) is 5.91 Å². The fourth-order valence-corrected chi connectivity index (χ4v) is 4.73. The lowest BCUT2D eigenvalue weighted by Gasteiger charge is -2.23. The molecule has 0 radical (unpaired) electrons. The second-order valence-corrected chi connectivity index (χ2v) is 8.69. The van der Waals surface area contributed by atoms with E-state index in [-0.39, 0.29) is 12.0 Å². The van der Waals surface area contributed by atoms with Crippen LogP contribution in [0.4, 0.5) is 0 Å². The number of carbonyl (C=O) groups excluding carboxylic acids is 1. The molecule has 5 rings (SSSR count). The van der Waals surface area contributed by atoms with Crippen LogP contribution in [0.15, 0.2) is 42.7 Å². The van der Waals surface area contributed by atoms with Crippen LogP contribution in [0.5, 0.6) is 5.88 Å². The van der Waals surface area contributed by atoms with Crippen LogP contribution >= 0.6 is 0 Å². The molecule has 0 N–H and O–H groups in total. The van der Waals surface area contributed by atoms with E-state index in [9.17, 15) is 4.79 Å². The van der Waals surface area contributed by atoms with Crippen LogP contribution in [0.25, 0.3) is 11.1 Å². The maximum absolute atomic E-state index is 13.2. The zero-order valence-corrected chi connectivity index (χ0v) is 18.2. The van der Waals surface area contributed by atoms with E-state index in [0.717, 1.165) is 40.8 Å². The second kappa shape index (κ2) is 8.17. The van der Waals surface area contributed by atoms with E-state index in [0.29, 0.717) is 24.5 Å². The molecule has 6 nitrogen and oxygen atoms in total. The van der Waals surface area contributed by atoms with Crippen molar-refractivity contribution >= 4 is 5.91 Å². The summed E-state index contributed by atoms with van der Waals surface area (Å²) in [6, 6.07) is 10.3. The molecule has 1 amide bonds. The first-order valence-corrected chi connectivity index (χ1v) is 11.1. The number of fused-ring (bicyclic) bond motifs is 1. The number of hydrogen-bond donors (Lipinski definition) is 0. The SMILES string of the molecule is Cc1nn(C)cc1-c1ccc(CN2Cc3ccnc(OC4CCCCC4)c3C2=O)cc1. The van der Waals surface area contributed by atoms with E-state index in [1.54, 1.807) is 6.20 Å². The van der Waals surface area contributed by atoms with Gasteiger partial charge in [0.2, 0.25) is 5.88 Å². The zero-order valence-electron chi connectivity index (χ0n) is 18.2. The molecule has 1 saturated carbocycles. The number of carbonyl (C=O) groups is 1. The molecule has 0 unspecified atom stereocenters. The van der Waals surface area contributed by atoms with Gasteiger partial charge in [0.15, 0.2) is 0 Å². The summed E-state index contributed by atoms with van der Waals surface area (Å²) >= 11 is 0. The monoisotopic (exact) mass is 416 g/mol. The molecule has 31 heavy (non-hydrogen) atoms. The molecule has 1 aliphatic heterocycles. The highest BCUT2D eigenvalue weighted by molar-refractivity contribution is 6.00. The minimum absolute atomic E-state index is 0.0149. The highest BCUT2D eigenvalue weighted by Gasteiger charge is 2.32. The maximum Gasteiger partial charge on any atom is 0.260 e. The first-order chi connectivity index (χ1) is 15.1. The van der Waals surface area contributed by atoms with Crippen molar-refractivity contribution in [3.63, 3.8) is 0 Å². The predicted octanol–water partition coefficient (Wildman–Crippen LogP) is 4.66. The average molecular weight is 417 g/mol. The highest BCUT2D eigenvalue weighted by atomic mass is 16.5. The van der Waals surface area contributed by atoms with Crippen LogP contribution in [-0.2, 0) is 20.1 Å². The third kappa shape index (κ3) is 3.94. The Morgan fingerprint density at radius 3 is 2.58 bits per heavy atom. The molecule has 1 aromatic carbocycles. The molecule has 0 spiro atoms. The molecule has 6 heteroatoms. The molecule has 0 saturated heterocycles. The highest BCUT2D eigenvalue weighted by Crippen LogP contribution is 2.33. The lowest BCUT2D eigenvalue weighted by Crippen LogP contribution is -2.25. The van der Waals surface area contributed by atoms with Gasteiger partial charge in [-0.3, -0.25) is 9.48 Å². The smallest absolute Gasteiger partial charge is 0.260 e. The summed E-state index contributed by atoms with van der Waals surface area (Å²) in [7, 11) is 1.93. The summed E-state index contributed by atoms with van der Waals surface area (Å²) in [6.45, 7) is 3.19. The number of aromatic nitrogens is 3. The van der Waals surface area contributed by atoms with Gasteiger partial charge in [-0.05, 0) is 55.4 Å². The van der Waals surface area contributed by atoms with E-state index in [2.05, 4.69) is 34.3 Å². The van der Waals surface area contributed by atoms with E-state index in [4.69, 9.17) is 4.74 Å². The van der Waals surface area contributed by atoms with E-state index < -0.39 is 0 Å². The molecule has 1 aliphatic carbocycles. The number of benzene rings is 1. The van der Waals surface area contributed by atoms with Crippen molar-refractivity contribution in [1.82, 2.24) is 19.7 Å². The van der Waals surface area contributed by atoms with Crippen molar-refractivity contribution in [1.29, 1.82) is 0 Å². The summed E-state index contributed by atoms with van der Waals surface area (Å²) in [6.07, 6.45) is 9.72. The molecule has 1 fully saturated rings. The van der Waals surface area contributed by atoms with Gasteiger partial charge in [0.1, 0.15) is 11.7 Å². The Bertz CT molecular complexity index is 1100. The quantitative estimate of drug-likeness (QED) is 0.607. The third-order valence-corrected chi connectivity index (χ3v) is 6.35. The second-order valence-electron chi connectivity index (χ2n) is 8.69. The number of hydrogen-bond acceptors (Lipinski definition) is 4. The first kappa shape index (κ1) is 19.8. The summed E-state index contributed by atoms with van der Waals surface area (Å²) in [5.74, 6) is 0.528. The van der Waals surface area contributed by atoms with Crippen molar-refractivity contribution < 1.29 is 9.53 Å². The molecule has 3 heterocycles. The number of ether oxygens (including phenoxy) is 1. The minimum atomic E-state index is 0.0149. The van der Waals surface area contributed by atoms with Gasteiger partial charge >= 0.3 is 0 Å². The van der Waals surface area contributed by atoms with Crippen LogP contribution in [0.3, 0.4) is 0 Å². The first-order valence-electron chi connectivity index (χ1n) is 11.1. The third-order valence-electron chi connectivity index (χ3n) is 6.35. The normalized spacial score (nSPS) is 16.6. The van der Waals surface area contributed by atoms with Gasteiger partial charge in [0.05, 0.1) is 5.69 Å². The van der Waals surface area contributed by atoms with E-state index in [1.807, 2.05) is 35.8 Å². The summed E-state index contributed by atoms with van der Waals surface area (Å²) < 4.78 is 8.01. The summed E-state index contributed by atoms with van der Waals surface area (Å²) in [5, 5.41) is 4.42. The predicted molar refractivity (Wildman–Crippen MR) is 119 cm³/mol. The molecule has 160 valence electrons. The Balaban J connectivity index is 1.31. The number of pyridine rings is 1. The molecule has 3 aromatic rings. The average Bonchev–Trinajstić information content (AvgIpc) is 3.28. The Kier molecular flexibility index (Phi) is 5.22. The van der Waals surface area contributed by atoms with Gasteiger partial charge in [-0.2, -0.15) is 5.10 Å². The largest absolute Gasteiger partial charge is 0.474 e. The Hall–Kier alpha value is -3.15. The topological polar surface area (TPSA) is 60.3 Å². The Labute approximate surface area is 182 Å². The minimum Gasteiger partial charge on any atom is -0.474 e. The van der Waals surface area contributed by atoms with Crippen molar-refractivity contribution in [3.05, 3.63) is 65.1 Å². The van der Waals surface area contributed by atoms with Gasteiger partial charge in [-0.25, -0.2) is 4.98 Å². The van der Waals surface area contributed by atoms with Gasteiger partial charge in [-0.15, -0.1) is 0 Å². The van der Waals surface area contributed by atoms with Gasteiger partial charge < -0.3 is 9.64 Å². The number of rotatable bonds is 5. The van der Waals surface area contributed by atoms with Crippen LogP contribution in [0.2, 0.25) is 0 Å². The van der Waals surface area contributed by atoms with E-state index >= 15 is 0 Å². The number of aryl methyl sites for hydroxylation is 2. The molecule has 2 aliphatic rings. The van der Waals surface area contributed by atoms with Crippen LogP contribution in [0, 0.1) is 6.92 Å². The van der Waals surface area contributed by atoms with Crippen molar-refractivity contribution in [2.24, 2.45) is 7.05 Å². The molecular weight excluding hydrogens is 388 g/mol. The van der Waals surface area contributed by atoms with E-state index in [1.165, 1.54) is 19.3 Å². The molecule has 0 bridgehead atoms. The summed E-state index contributed by atoms with van der Waals surface area (Å²) in [5.41, 5.74) is 6.05. The number of nitrogens with zero attached hydrogens (tertiary/aromatic N) is 4. The van der Waals surface area contributed by atoms with Crippen LogP contribution < -0.4 is 4.74 Å². The molecule has 2 aromatic heterocycles. The zero-order chi connectivity index (χ0) is 21.4. The molecule has 0 atom stereocenters. The summed E-state index contributed by atoms with van der Waals surface area (Å²) in [4.78, 5) is 19.5. The van der Waals surface area contributed by atoms with Gasteiger partial charge in [-0.1, -0.05) is 30.7 Å². The van der Waals surface area contributed by atoms with Gasteiger partial charge in [0, 0.05) is 38.1 Å².